The first-order valence-corrected chi connectivity index (χ1v) is 13.5. The lowest BCUT2D eigenvalue weighted by Gasteiger charge is -2.31. The molecule has 2 aromatic rings. The molecule has 0 radical (unpaired) electrons. The zero-order valence-corrected chi connectivity index (χ0v) is 23.9. The molecule has 0 saturated carbocycles. The Labute approximate surface area is 234 Å². The van der Waals surface area contributed by atoms with Crippen LogP contribution in [0, 0.1) is 6.92 Å². The second-order valence-corrected chi connectivity index (χ2v) is 11.2. The van der Waals surface area contributed by atoms with Gasteiger partial charge >= 0.3 is 12.4 Å². The zero-order chi connectivity index (χ0) is 29.9. The molecular formula is C27H27BrF9NS. The summed E-state index contributed by atoms with van der Waals surface area (Å²) in [5, 5.41) is 0. The Hall–Kier alpha value is -2.08. The molecule has 0 saturated heterocycles. The summed E-state index contributed by atoms with van der Waals surface area (Å²) in [6.07, 6.45) is -8.88. The highest BCUT2D eigenvalue weighted by Gasteiger charge is 2.40. The van der Waals surface area contributed by atoms with Gasteiger partial charge in [-0.25, -0.2) is 13.2 Å². The third-order valence-electron chi connectivity index (χ3n) is 5.88. The number of hydrogen-bond donors (Lipinski definition) is 0. The predicted molar refractivity (Wildman–Crippen MR) is 142 cm³/mol. The molecule has 0 N–H and O–H groups in total. The van der Waals surface area contributed by atoms with Gasteiger partial charge in [0.05, 0.1) is 5.75 Å². The molecule has 0 aliphatic rings. The van der Waals surface area contributed by atoms with Crippen molar-refractivity contribution in [1.82, 2.24) is 4.90 Å². The van der Waals surface area contributed by atoms with E-state index in [0.717, 1.165) is 18.2 Å². The quantitative estimate of drug-likeness (QED) is 0.236. The van der Waals surface area contributed by atoms with Crippen LogP contribution in [-0.2, 0) is 5.92 Å². The minimum atomic E-state index is -4.86. The fraction of sp³-hybridized carbons (Fsp3) is 0.407. The van der Waals surface area contributed by atoms with Crippen LogP contribution in [0.15, 0.2) is 53.5 Å². The standard InChI is InChI=1S/C27H27BrF9NS/c1-15-8-19(10-20(28)9-15)22(27(35,36)37)12-24(29)18-6-7-21(23(11-18)25(4,30)31)17(3)38(5)16(2)13-39-14-26(32,33)34/h6-12,16,22H,3,13-14H2,1-2,4-5H3/b24-12-. The molecule has 39 heavy (non-hydrogen) atoms. The van der Waals surface area contributed by atoms with Gasteiger partial charge in [-0.05, 0) is 49.2 Å². The number of aryl methyl sites for hydroxylation is 1. The first-order chi connectivity index (χ1) is 17.7. The van der Waals surface area contributed by atoms with E-state index in [1.807, 2.05) is 0 Å². The lowest BCUT2D eigenvalue weighted by Crippen LogP contribution is -2.31. The molecular weight excluding hydrogens is 621 g/mol. The van der Waals surface area contributed by atoms with Gasteiger partial charge in [0.15, 0.2) is 0 Å². The van der Waals surface area contributed by atoms with Crippen LogP contribution in [-0.4, -0.2) is 41.8 Å². The van der Waals surface area contributed by atoms with Gasteiger partial charge < -0.3 is 4.90 Å². The maximum absolute atomic E-state index is 15.2. The molecule has 0 fully saturated rings. The van der Waals surface area contributed by atoms with Crippen molar-refractivity contribution >= 4 is 39.2 Å². The molecule has 0 aliphatic carbocycles. The molecule has 1 nitrogen and oxygen atoms in total. The van der Waals surface area contributed by atoms with Crippen molar-refractivity contribution < 1.29 is 39.5 Å². The van der Waals surface area contributed by atoms with E-state index in [1.54, 1.807) is 19.9 Å². The van der Waals surface area contributed by atoms with Crippen molar-refractivity contribution in [2.24, 2.45) is 0 Å². The summed E-state index contributed by atoms with van der Waals surface area (Å²) >= 11 is 3.75. The third kappa shape index (κ3) is 9.51. The fourth-order valence-electron chi connectivity index (χ4n) is 3.79. The van der Waals surface area contributed by atoms with Gasteiger partial charge in [-0.15, -0.1) is 0 Å². The molecule has 0 aromatic heterocycles. The highest BCUT2D eigenvalue weighted by molar-refractivity contribution is 9.10. The van der Waals surface area contributed by atoms with Gasteiger partial charge in [0, 0.05) is 52.6 Å². The van der Waals surface area contributed by atoms with E-state index in [0.29, 0.717) is 34.8 Å². The summed E-state index contributed by atoms with van der Waals surface area (Å²) in [5.41, 5.74) is -0.953. The first kappa shape index (κ1) is 33.1. The van der Waals surface area contributed by atoms with E-state index in [2.05, 4.69) is 22.5 Å². The first-order valence-electron chi connectivity index (χ1n) is 11.5. The Kier molecular flexibility index (Phi) is 10.7. The van der Waals surface area contributed by atoms with Crippen molar-refractivity contribution in [3.63, 3.8) is 0 Å². The average Bonchev–Trinajstić information content (AvgIpc) is 2.78. The number of halogens is 10. The Morgan fingerprint density at radius 3 is 2.18 bits per heavy atom. The van der Waals surface area contributed by atoms with Crippen molar-refractivity contribution in [1.29, 1.82) is 0 Å². The lowest BCUT2D eigenvalue weighted by atomic mass is 9.93. The molecule has 2 atom stereocenters. The van der Waals surface area contributed by atoms with Gasteiger partial charge in [0.25, 0.3) is 5.92 Å². The SMILES string of the molecule is C=C(c1ccc(/C(F)=C/C(c2cc(C)cc(Br)c2)C(F)(F)F)cc1C(C)(F)F)N(C)C(C)CSCC(F)(F)F. The van der Waals surface area contributed by atoms with E-state index in [9.17, 15) is 35.1 Å². The number of alkyl halides is 8. The zero-order valence-electron chi connectivity index (χ0n) is 21.5. The van der Waals surface area contributed by atoms with E-state index >= 15 is 4.39 Å². The molecule has 216 valence electrons. The van der Waals surface area contributed by atoms with Crippen molar-refractivity contribution in [3.8, 4) is 0 Å². The fourth-order valence-corrected chi connectivity index (χ4v) is 5.33. The van der Waals surface area contributed by atoms with Gasteiger partial charge in [0.1, 0.15) is 11.7 Å². The smallest absolute Gasteiger partial charge is 0.371 e. The summed E-state index contributed by atoms with van der Waals surface area (Å²) in [7, 11) is 1.47. The third-order valence-corrected chi connectivity index (χ3v) is 7.59. The van der Waals surface area contributed by atoms with E-state index in [4.69, 9.17) is 0 Å². The van der Waals surface area contributed by atoms with Crippen molar-refractivity contribution in [2.75, 3.05) is 18.6 Å². The highest BCUT2D eigenvalue weighted by Crippen LogP contribution is 2.41. The van der Waals surface area contributed by atoms with E-state index in [1.165, 1.54) is 24.1 Å². The van der Waals surface area contributed by atoms with Crippen molar-refractivity contribution in [3.05, 3.63) is 81.3 Å². The Balaban J connectivity index is 2.45. The Morgan fingerprint density at radius 2 is 1.67 bits per heavy atom. The number of thioether (sulfide) groups is 1. The largest absolute Gasteiger partial charge is 0.399 e. The lowest BCUT2D eigenvalue weighted by molar-refractivity contribution is -0.139. The van der Waals surface area contributed by atoms with Crippen LogP contribution in [0.25, 0.3) is 11.5 Å². The van der Waals surface area contributed by atoms with Gasteiger partial charge in [-0.2, -0.15) is 38.1 Å². The summed E-state index contributed by atoms with van der Waals surface area (Å²) in [4.78, 5) is 1.43. The maximum Gasteiger partial charge on any atom is 0.399 e. The average molecular weight is 648 g/mol. The number of nitrogens with zero attached hydrogens (tertiary/aromatic N) is 1. The van der Waals surface area contributed by atoms with Crippen LogP contribution in [0.3, 0.4) is 0 Å². The van der Waals surface area contributed by atoms with E-state index in [-0.39, 0.29) is 22.6 Å². The summed E-state index contributed by atoms with van der Waals surface area (Å²) in [6.45, 7) is 7.51. The Bertz CT molecular complexity index is 1180. The summed E-state index contributed by atoms with van der Waals surface area (Å²) in [5.74, 6) is -8.27. The number of rotatable bonds is 10. The van der Waals surface area contributed by atoms with Crippen LogP contribution < -0.4 is 0 Å². The molecule has 0 spiro atoms. The van der Waals surface area contributed by atoms with Gasteiger partial charge in [-0.1, -0.05) is 40.7 Å². The minimum absolute atomic E-state index is 0.0240. The summed E-state index contributed by atoms with van der Waals surface area (Å²) < 4.78 is 124. The van der Waals surface area contributed by atoms with Gasteiger partial charge in [0.2, 0.25) is 0 Å². The van der Waals surface area contributed by atoms with E-state index < -0.39 is 52.9 Å². The molecule has 0 aliphatic heterocycles. The molecule has 0 heterocycles. The maximum atomic E-state index is 15.2. The molecule has 0 amide bonds. The number of allylic oxidation sites excluding steroid dienone is 1. The van der Waals surface area contributed by atoms with Crippen LogP contribution >= 0.6 is 27.7 Å². The van der Waals surface area contributed by atoms with Crippen LogP contribution in [0.2, 0.25) is 0 Å². The monoisotopic (exact) mass is 647 g/mol. The summed E-state index contributed by atoms with van der Waals surface area (Å²) in [6, 6.07) is 6.48. The molecule has 2 aromatic carbocycles. The second-order valence-electron chi connectivity index (χ2n) is 9.28. The number of hydrogen-bond acceptors (Lipinski definition) is 2. The highest BCUT2D eigenvalue weighted by atomic mass is 79.9. The van der Waals surface area contributed by atoms with Gasteiger partial charge in [-0.3, -0.25) is 0 Å². The van der Waals surface area contributed by atoms with Crippen molar-refractivity contribution in [2.45, 2.75) is 51.0 Å². The molecule has 2 unspecified atom stereocenters. The topological polar surface area (TPSA) is 3.24 Å². The second kappa shape index (κ2) is 12.6. The van der Waals surface area contributed by atoms with Crippen LogP contribution in [0.5, 0.6) is 0 Å². The predicted octanol–water partition coefficient (Wildman–Crippen LogP) is 10.1. The van der Waals surface area contributed by atoms with Crippen LogP contribution in [0.1, 0.15) is 47.6 Å². The molecule has 12 heteroatoms. The minimum Gasteiger partial charge on any atom is -0.371 e. The Morgan fingerprint density at radius 1 is 1.05 bits per heavy atom. The molecule has 2 rings (SSSR count). The van der Waals surface area contributed by atoms with Crippen LogP contribution in [0.4, 0.5) is 39.5 Å². The normalized spacial score (nSPS) is 14.8. The molecule has 0 bridgehead atoms. The number of benzene rings is 2.